The maximum atomic E-state index is 13.1. The van der Waals surface area contributed by atoms with Crippen molar-refractivity contribution in [2.45, 2.75) is 31.1 Å². The summed E-state index contributed by atoms with van der Waals surface area (Å²) >= 11 is 0. The average Bonchev–Trinajstić information content (AvgIpc) is 2.75. The van der Waals surface area contributed by atoms with Crippen LogP contribution in [0.3, 0.4) is 0 Å². The summed E-state index contributed by atoms with van der Waals surface area (Å²) in [5.41, 5.74) is 1.34. The van der Waals surface area contributed by atoms with Gasteiger partial charge in [0.15, 0.2) is 0 Å². The number of amides is 1. The standard InChI is InChI=1S/C22H25FN2O5S/c1-2-30-21(26)14-16-5-9-19(10-6-16)24-22(27)17-4-3-13-25(15-17)31(28,29)20-11-7-18(23)8-12-20/h5-12,17H,2-4,13-15H2,1H3,(H,24,27)/t17-/m1/s1. The first-order valence-corrected chi connectivity index (χ1v) is 11.5. The van der Waals surface area contributed by atoms with Gasteiger partial charge in [-0.25, -0.2) is 12.8 Å². The topological polar surface area (TPSA) is 92.8 Å². The molecule has 1 saturated heterocycles. The molecule has 1 amide bonds. The lowest BCUT2D eigenvalue weighted by molar-refractivity contribution is -0.142. The molecule has 1 atom stereocenters. The van der Waals surface area contributed by atoms with Crippen LogP contribution >= 0.6 is 0 Å². The van der Waals surface area contributed by atoms with Crippen LogP contribution in [0.1, 0.15) is 25.3 Å². The van der Waals surface area contributed by atoms with Crippen LogP contribution in [0.25, 0.3) is 0 Å². The van der Waals surface area contributed by atoms with E-state index in [4.69, 9.17) is 4.74 Å². The van der Waals surface area contributed by atoms with E-state index in [-0.39, 0.29) is 29.7 Å². The molecule has 1 fully saturated rings. The normalized spacial score (nSPS) is 17.2. The third-order valence-electron chi connectivity index (χ3n) is 5.08. The van der Waals surface area contributed by atoms with E-state index in [1.807, 2.05) is 0 Å². The van der Waals surface area contributed by atoms with Gasteiger partial charge in [0.1, 0.15) is 5.82 Å². The molecule has 0 saturated carbocycles. The molecule has 2 aromatic rings. The summed E-state index contributed by atoms with van der Waals surface area (Å²) in [6, 6.07) is 11.5. The van der Waals surface area contributed by atoms with E-state index in [1.54, 1.807) is 31.2 Å². The molecule has 9 heteroatoms. The highest BCUT2D eigenvalue weighted by molar-refractivity contribution is 7.89. The molecule has 1 N–H and O–H groups in total. The van der Waals surface area contributed by atoms with E-state index in [0.29, 0.717) is 31.7 Å². The van der Waals surface area contributed by atoms with Crippen LogP contribution in [0, 0.1) is 11.7 Å². The number of sulfonamides is 1. The van der Waals surface area contributed by atoms with E-state index in [2.05, 4.69) is 5.32 Å². The van der Waals surface area contributed by atoms with Crippen molar-refractivity contribution in [2.75, 3.05) is 25.0 Å². The number of anilines is 1. The van der Waals surface area contributed by atoms with E-state index < -0.39 is 21.8 Å². The van der Waals surface area contributed by atoms with Crippen molar-refractivity contribution in [2.24, 2.45) is 5.92 Å². The quantitative estimate of drug-likeness (QED) is 0.658. The van der Waals surface area contributed by atoms with E-state index in [9.17, 15) is 22.4 Å². The van der Waals surface area contributed by atoms with Gasteiger partial charge in [-0.15, -0.1) is 0 Å². The van der Waals surface area contributed by atoms with Crippen LogP contribution in [0.15, 0.2) is 53.4 Å². The second kappa shape index (κ2) is 10.0. The van der Waals surface area contributed by atoms with Crippen molar-refractivity contribution < 1.29 is 27.1 Å². The Morgan fingerprint density at radius 2 is 1.81 bits per heavy atom. The number of esters is 1. The molecule has 0 bridgehead atoms. The lowest BCUT2D eigenvalue weighted by Gasteiger charge is -2.31. The number of nitrogens with zero attached hydrogens (tertiary/aromatic N) is 1. The Balaban J connectivity index is 1.62. The Morgan fingerprint density at radius 3 is 2.45 bits per heavy atom. The predicted octanol–water partition coefficient (Wildman–Crippen LogP) is 2.97. The van der Waals surface area contributed by atoms with Crippen molar-refractivity contribution in [3.63, 3.8) is 0 Å². The van der Waals surface area contributed by atoms with Gasteiger partial charge in [-0.3, -0.25) is 9.59 Å². The Labute approximate surface area is 181 Å². The largest absolute Gasteiger partial charge is 0.466 e. The van der Waals surface area contributed by atoms with Crippen molar-refractivity contribution in [1.82, 2.24) is 4.31 Å². The third kappa shape index (κ3) is 5.89. The fourth-order valence-corrected chi connectivity index (χ4v) is 4.98. The maximum absolute atomic E-state index is 13.1. The molecular formula is C22H25FN2O5S. The van der Waals surface area contributed by atoms with Gasteiger partial charge >= 0.3 is 5.97 Å². The monoisotopic (exact) mass is 448 g/mol. The lowest BCUT2D eigenvalue weighted by atomic mass is 9.98. The van der Waals surface area contributed by atoms with Gasteiger partial charge in [0, 0.05) is 18.8 Å². The summed E-state index contributed by atoms with van der Waals surface area (Å²) < 4.78 is 45.0. The highest BCUT2D eigenvalue weighted by Gasteiger charge is 2.33. The minimum atomic E-state index is -3.80. The number of ether oxygens (including phenoxy) is 1. The summed E-state index contributed by atoms with van der Waals surface area (Å²) in [4.78, 5) is 24.3. The molecule has 0 unspecified atom stereocenters. The predicted molar refractivity (Wildman–Crippen MR) is 113 cm³/mol. The number of halogens is 1. The van der Waals surface area contributed by atoms with Crippen LogP contribution < -0.4 is 5.32 Å². The van der Waals surface area contributed by atoms with E-state index in [0.717, 1.165) is 17.7 Å². The number of piperidine rings is 1. The lowest BCUT2D eigenvalue weighted by Crippen LogP contribution is -2.43. The molecule has 31 heavy (non-hydrogen) atoms. The zero-order valence-corrected chi connectivity index (χ0v) is 18.0. The number of carbonyl (C=O) groups excluding carboxylic acids is 2. The van der Waals surface area contributed by atoms with Crippen molar-refractivity contribution in [1.29, 1.82) is 0 Å². The van der Waals surface area contributed by atoms with E-state index >= 15 is 0 Å². The van der Waals surface area contributed by atoms with Crippen molar-refractivity contribution in [3.8, 4) is 0 Å². The second-order valence-corrected chi connectivity index (χ2v) is 9.26. The Kier molecular flexibility index (Phi) is 7.40. The molecule has 1 aliphatic heterocycles. The Morgan fingerprint density at radius 1 is 1.13 bits per heavy atom. The van der Waals surface area contributed by atoms with Crippen LogP contribution in [-0.4, -0.2) is 44.3 Å². The Bertz CT molecular complexity index is 1020. The van der Waals surface area contributed by atoms with Crippen LogP contribution in [0.2, 0.25) is 0 Å². The zero-order valence-electron chi connectivity index (χ0n) is 17.2. The van der Waals surface area contributed by atoms with Crippen LogP contribution in [-0.2, 0) is 30.8 Å². The molecule has 166 valence electrons. The van der Waals surface area contributed by atoms with Gasteiger partial charge in [-0.05, 0) is 61.7 Å². The fourth-order valence-electron chi connectivity index (χ4n) is 3.46. The SMILES string of the molecule is CCOC(=O)Cc1ccc(NC(=O)[C@@H]2CCCN(S(=O)(=O)c3ccc(F)cc3)C2)cc1. The molecule has 1 aliphatic rings. The minimum absolute atomic E-state index is 0.00662. The number of carbonyl (C=O) groups is 2. The number of rotatable bonds is 7. The van der Waals surface area contributed by atoms with Gasteiger partial charge in [0.05, 0.1) is 23.8 Å². The molecule has 0 radical (unpaired) electrons. The third-order valence-corrected chi connectivity index (χ3v) is 6.96. The first-order valence-electron chi connectivity index (χ1n) is 10.1. The summed E-state index contributed by atoms with van der Waals surface area (Å²) in [5.74, 6) is -1.59. The minimum Gasteiger partial charge on any atom is -0.466 e. The first-order chi connectivity index (χ1) is 14.8. The molecule has 7 nitrogen and oxygen atoms in total. The summed E-state index contributed by atoms with van der Waals surface area (Å²) in [7, 11) is -3.80. The highest BCUT2D eigenvalue weighted by Crippen LogP contribution is 2.25. The van der Waals surface area contributed by atoms with Gasteiger partial charge in [0.2, 0.25) is 15.9 Å². The summed E-state index contributed by atoms with van der Waals surface area (Å²) in [6.45, 7) is 2.44. The molecule has 2 aromatic carbocycles. The summed E-state index contributed by atoms with van der Waals surface area (Å²) in [5, 5.41) is 2.81. The molecule has 0 spiro atoms. The number of benzene rings is 2. The smallest absolute Gasteiger partial charge is 0.310 e. The second-order valence-electron chi connectivity index (χ2n) is 7.32. The fraction of sp³-hybridized carbons (Fsp3) is 0.364. The highest BCUT2D eigenvalue weighted by atomic mass is 32.2. The number of hydrogen-bond acceptors (Lipinski definition) is 5. The van der Waals surface area contributed by atoms with Crippen molar-refractivity contribution in [3.05, 3.63) is 59.9 Å². The maximum Gasteiger partial charge on any atom is 0.310 e. The van der Waals surface area contributed by atoms with Gasteiger partial charge in [-0.2, -0.15) is 4.31 Å². The molecule has 0 aromatic heterocycles. The molecule has 1 heterocycles. The average molecular weight is 449 g/mol. The number of hydrogen-bond donors (Lipinski definition) is 1. The Hall–Kier alpha value is -2.78. The van der Waals surface area contributed by atoms with Crippen LogP contribution in [0.5, 0.6) is 0 Å². The summed E-state index contributed by atoms with van der Waals surface area (Å²) in [6.07, 6.45) is 1.28. The van der Waals surface area contributed by atoms with Crippen molar-refractivity contribution >= 4 is 27.6 Å². The first kappa shape index (κ1) is 22.9. The zero-order chi connectivity index (χ0) is 22.4. The molecule has 3 rings (SSSR count). The molecular weight excluding hydrogens is 423 g/mol. The molecule has 0 aliphatic carbocycles. The van der Waals surface area contributed by atoms with Gasteiger partial charge in [0.25, 0.3) is 0 Å². The number of nitrogens with one attached hydrogen (secondary N) is 1. The van der Waals surface area contributed by atoms with E-state index in [1.165, 1.54) is 16.4 Å². The van der Waals surface area contributed by atoms with Gasteiger partial charge in [-0.1, -0.05) is 12.1 Å². The van der Waals surface area contributed by atoms with Crippen LogP contribution in [0.4, 0.5) is 10.1 Å². The van der Waals surface area contributed by atoms with Gasteiger partial charge < -0.3 is 10.1 Å².